The Hall–Kier alpha value is -2.01. The maximum atomic E-state index is 11.6. The molecule has 3 N–H and O–H groups in total. The third kappa shape index (κ3) is 10.1. The van der Waals surface area contributed by atoms with E-state index in [1.807, 2.05) is 12.1 Å². The SMILES string of the molecule is CN=C(NCc1ccccc1NS(C)(=O)=O)NCc1ccc(C)cc1OCCC(C)C.I. The van der Waals surface area contributed by atoms with E-state index in [2.05, 4.69) is 59.3 Å². The smallest absolute Gasteiger partial charge is 0.229 e. The number of sulfonamides is 1. The van der Waals surface area contributed by atoms with Crippen molar-refractivity contribution in [3.8, 4) is 5.75 Å². The summed E-state index contributed by atoms with van der Waals surface area (Å²) in [5, 5.41) is 6.54. The predicted octanol–water partition coefficient (Wildman–Crippen LogP) is 4.27. The van der Waals surface area contributed by atoms with Crippen molar-refractivity contribution in [2.45, 2.75) is 40.3 Å². The van der Waals surface area contributed by atoms with Crippen LogP contribution in [-0.2, 0) is 23.1 Å². The second kappa shape index (κ2) is 13.5. The molecule has 0 spiro atoms. The first-order valence-corrected chi connectivity index (χ1v) is 12.3. The van der Waals surface area contributed by atoms with Crippen molar-refractivity contribution < 1.29 is 13.2 Å². The number of para-hydroxylation sites is 1. The van der Waals surface area contributed by atoms with Crippen LogP contribution >= 0.6 is 24.0 Å². The Kier molecular flexibility index (Phi) is 11.8. The number of aliphatic imine (C=N–C) groups is 1. The molecule has 32 heavy (non-hydrogen) atoms. The predicted molar refractivity (Wildman–Crippen MR) is 143 cm³/mol. The minimum atomic E-state index is -3.35. The number of nitrogens with one attached hydrogen (secondary N) is 3. The van der Waals surface area contributed by atoms with Gasteiger partial charge in [0.2, 0.25) is 10.0 Å². The maximum absolute atomic E-state index is 11.6. The highest BCUT2D eigenvalue weighted by Crippen LogP contribution is 2.21. The lowest BCUT2D eigenvalue weighted by atomic mass is 10.1. The van der Waals surface area contributed by atoms with Crippen molar-refractivity contribution in [2.75, 3.05) is 24.6 Å². The molecule has 2 aromatic rings. The summed E-state index contributed by atoms with van der Waals surface area (Å²) in [5.41, 5.74) is 3.58. The Balaban J connectivity index is 0.00000512. The van der Waals surface area contributed by atoms with Crippen LogP contribution in [0.25, 0.3) is 0 Å². The molecule has 0 saturated carbocycles. The molecule has 0 aliphatic carbocycles. The number of aryl methyl sites for hydroxylation is 1. The van der Waals surface area contributed by atoms with Crippen molar-refractivity contribution >= 4 is 45.6 Å². The molecule has 2 rings (SSSR count). The van der Waals surface area contributed by atoms with Crippen LogP contribution in [0.2, 0.25) is 0 Å². The number of anilines is 1. The summed E-state index contributed by atoms with van der Waals surface area (Å²) >= 11 is 0. The molecular formula is C23H35IN4O3S. The molecule has 7 nitrogen and oxygen atoms in total. The normalized spacial score (nSPS) is 11.6. The van der Waals surface area contributed by atoms with Crippen molar-refractivity contribution in [1.29, 1.82) is 0 Å². The molecular weight excluding hydrogens is 539 g/mol. The van der Waals surface area contributed by atoms with Crippen LogP contribution in [0, 0.1) is 12.8 Å². The number of rotatable bonds is 10. The van der Waals surface area contributed by atoms with E-state index in [4.69, 9.17) is 4.74 Å². The zero-order chi connectivity index (χ0) is 22.9. The standard InChI is InChI=1S/C23H34N4O3S.HI/c1-17(2)12-13-30-22-14-18(3)10-11-20(22)16-26-23(24-4)25-15-19-8-6-7-9-21(19)27-31(5,28)29;/h6-11,14,17,27H,12-13,15-16H2,1-5H3,(H2,24,25,26);1H. The average molecular weight is 575 g/mol. The zero-order valence-corrected chi connectivity index (χ0v) is 22.6. The maximum Gasteiger partial charge on any atom is 0.229 e. The topological polar surface area (TPSA) is 91.8 Å². The van der Waals surface area contributed by atoms with Gasteiger partial charge >= 0.3 is 0 Å². The first-order valence-electron chi connectivity index (χ1n) is 10.4. The third-order valence-corrected chi connectivity index (χ3v) is 5.20. The fraction of sp³-hybridized carbons (Fsp3) is 0.435. The summed E-state index contributed by atoms with van der Waals surface area (Å²) < 4.78 is 31.8. The number of benzene rings is 2. The van der Waals surface area contributed by atoms with Crippen LogP contribution in [-0.4, -0.2) is 34.3 Å². The van der Waals surface area contributed by atoms with Gasteiger partial charge in [-0.05, 0) is 42.5 Å². The number of hydrogen-bond acceptors (Lipinski definition) is 4. The van der Waals surface area contributed by atoms with E-state index in [1.165, 1.54) is 0 Å². The number of halogens is 1. The number of nitrogens with zero attached hydrogens (tertiary/aromatic N) is 1. The molecule has 178 valence electrons. The summed E-state index contributed by atoms with van der Waals surface area (Å²) in [4.78, 5) is 4.27. The Morgan fingerprint density at radius 3 is 2.34 bits per heavy atom. The minimum Gasteiger partial charge on any atom is -0.493 e. The highest BCUT2D eigenvalue weighted by molar-refractivity contribution is 14.0. The van der Waals surface area contributed by atoms with Gasteiger partial charge in [0.1, 0.15) is 5.75 Å². The quantitative estimate of drug-likeness (QED) is 0.224. The van der Waals surface area contributed by atoms with E-state index in [1.54, 1.807) is 19.2 Å². The van der Waals surface area contributed by atoms with Gasteiger partial charge in [-0.25, -0.2) is 8.42 Å². The van der Waals surface area contributed by atoms with E-state index in [0.29, 0.717) is 37.3 Å². The average Bonchev–Trinajstić information content (AvgIpc) is 2.69. The number of ether oxygens (including phenoxy) is 1. The van der Waals surface area contributed by atoms with Crippen LogP contribution in [0.4, 0.5) is 5.69 Å². The van der Waals surface area contributed by atoms with Crippen molar-refractivity contribution in [3.05, 3.63) is 59.2 Å². The minimum absolute atomic E-state index is 0. The molecule has 0 aromatic heterocycles. The van der Waals surface area contributed by atoms with Gasteiger partial charge in [0, 0.05) is 25.7 Å². The number of guanidine groups is 1. The summed E-state index contributed by atoms with van der Waals surface area (Å²) in [6.45, 7) is 8.08. The molecule has 0 unspecified atom stereocenters. The molecule has 0 aliphatic rings. The fourth-order valence-corrected chi connectivity index (χ4v) is 3.50. The Labute approximate surface area is 209 Å². The first-order chi connectivity index (χ1) is 14.7. The Bertz CT molecular complexity index is 994. The van der Waals surface area contributed by atoms with Gasteiger partial charge in [-0.2, -0.15) is 0 Å². The second-order valence-corrected chi connectivity index (χ2v) is 9.70. The van der Waals surface area contributed by atoms with E-state index in [0.717, 1.165) is 35.1 Å². The molecule has 0 radical (unpaired) electrons. The monoisotopic (exact) mass is 574 g/mol. The van der Waals surface area contributed by atoms with Crippen LogP contribution in [0.3, 0.4) is 0 Å². The van der Waals surface area contributed by atoms with Crippen molar-refractivity contribution in [2.24, 2.45) is 10.9 Å². The molecule has 0 aliphatic heterocycles. The van der Waals surface area contributed by atoms with Crippen LogP contribution in [0.1, 0.15) is 37.0 Å². The van der Waals surface area contributed by atoms with Crippen LogP contribution in [0.15, 0.2) is 47.5 Å². The van der Waals surface area contributed by atoms with E-state index in [-0.39, 0.29) is 24.0 Å². The molecule has 0 atom stereocenters. The van der Waals surface area contributed by atoms with Crippen molar-refractivity contribution in [1.82, 2.24) is 10.6 Å². The van der Waals surface area contributed by atoms with Gasteiger partial charge < -0.3 is 15.4 Å². The fourth-order valence-electron chi connectivity index (χ4n) is 2.90. The van der Waals surface area contributed by atoms with Crippen molar-refractivity contribution in [3.63, 3.8) is 0 Å². The van der Waals surface area contributed by atoms with Gasteiger partial charge in [-0.1, -0.05) is 44.2 Å². The van der Waals surface area contributed by atoms with Gasteiger partial charge in [-0.3, -0.25) is 9.71 Å². The summed E-state index contributed by atoms with van der Waals surface area (Å²) in [6.07, 6.45) is 2.14. The van der Waals surface area contributed by atoms with E-state index in [9.17, 15) is 8.42 Å². The first kappa shape index (κ1) is 28.0. The molecule has 0 amide bonds. The van der Waals surface area contributed by atoms with Crippen LogP contribution < -0.4 is 20.1 Å². The Morgan fingerprint density at radius 1 is 1.06 bits per heavy atom. The van der Waals surface area contributed by atoms with Gasteiger partial charge in [-0.15, -0.1) is 24.0 Å². The largest absolute Gasteiger partial charge is 0.493 e. The lowest BCUT2D eigenvalue weighted by Crippen LogP contribution is -2.36. The van der Waals surface area contributed by atoms with Crippen LogP contribution in [0.5, 0.6) is 5.75 Å². The lowest BCUT2D eigenvalue weighted by Gasteiger charge is -2.17. The van der Waals surface area contributed by atoms with E-state index >= 15 is 0 Å². The molecule has 9 heteroatoms. The molecule has 2 aromatic carbocycles. The second-order valence-electron chi connectivity index (χ2n) is 7.95. The molecule has 0 bridgehead atoms. The summed E-state index contributed by atoms with van der Waals surface area (Å²) in [6, 6.07) is 13.5. The molecule has 0 fully saturated rings. The van der Waals surface area contributed by atoms with Gasteiger partial charge in [0.15, 0.2) is 5.96 Å². The van der Waals surface area contributed by atoms with Gasteiger partial charge in [0.25, 0.3) is 0 Å². The Morgan fingerprint density at radius 2 is 1.72 bits per heavy atom. The molecule has 0 saturated heterocycles. The van der Waals surface area contributed by atoms with E-state index < -0.39 is 10.0 Å². The summed E-state index contributed by atoms with van der Waals surface area (Å²) in [7, 11) is -1.65. The third-order valence-electron chi connectivity index (χ3n) is 4.60. The van der Waals surface area contributed by atoms with Gasteiger partial charge in [0.05, 0.1) is 18.6 Å². The highest BCUT2D eigenvalue weighted by Gasteiger charge is 2.09. The lowest BCUT2D eigenvalue weighted by molar-refractivity contribution is 0.286. The highest BCUT2D eigenvalue weighted by atomic mass is 127. The number of hydrogen-bond donors (Lipinski definition) is 3. The molecule has 0 heterocycles. The zero-order valence-electron chi connectivity index (χ0n) is 19.4. The summed E-state index contributed by atoms with van der Waals surface area (Å²) in [5.74, 6) is 2.09.